The van der Waals surface area contributed by atoms with E-state index in [2.05, 4.69) is 50.0 Å². The molecule has 6 aromatic rings. The molecule has 0 bridgehead atoms. The molecule has 8 nitrogen and oxygen atoms in total. The third-order valence-electron chi connectivity index (χ3n) is 9.18. The number of hydrogen-bond acceptors (Lipinski definition) is 7. The van der Waals surface area contributed by atoms with Crippen LogP contribution in [-0.4, -0.2) is 18.6 Å². The SMILES string of the molecule is CC(C)(c1ccc(OS(=O)(=O)c2cccc3c([O-])c([N+]#N)ccc23)cc1)c1ccc(C(C)(c2ccc(O)cc2)c2ccc(O)cc2)cc1. The third-order valence-corrected chi connectivity index (χ3v) is 10.5. The van der Waals surface area contributed by atoms with Crippen LogP contribution in [0.1, 0.15) is 48.6 Å². The maximum Gasteiger partial charge on any atom is 0.378 e. The zero-order valence-electron chi connectivity index (χ0n) is 26.5. The van der Waals surface area contributed by atoms with Gasteiger partial charge in [-0.05, 0) is 94.4 Å². The van der Waals surface area contributed by atoms with E-state index < -0.39 is 26.7 Å². The van der Waals surface area contributed by atoms with Crippen molar-refractivity contribution in [2.24, 2.45) is 0 Å². The van der Waals surface area contributed by atoms with E-state index in [9.17, 15) is 23.7 Å². The number of benzene rings is 6. The Kier molecular flexibility index (Phi) is 8.07. The maximum atomic E-state index is 13.3. The molecule has 240 valence electrons. The highest BCUT2D eigenvalue weighted by molar-refractivity contribution is 7.87. The van der Waals surface area contributed by atoms with Gasteiger partial charge in [0.15, 0.2) is 4.98 Å². The predicted octanol–water partition coefficient (Wildman–Crippen LogP) is 8.26. The third kappa shape index (κ3) is 5.67. The van der Waals surface area contributed by atoms with Gasteiger partial charge in [-0.25, -0.2) is 0 Å². The van der Waals surface area contributed by atoms with Crippen molar-refractivity contribution in [1.82, 2.24) is 0 Å². The molecule has 0 radical (unpaired) electrons. The number of hydrogen-bond donors (Lipinski definition) is 2. The van der Waals surface area contributed by atoms with Crippen molar-refractivity contribution >= 4 is 26.6 Å². The molecule has 0 saturated carbocycles. The summed E-state index contributed by atoms with van der Waals surface area (Å²) in [7, 11) is -4.31. The monoisotopic (exact) mass is 656 g/mol. The van der Waals surface area contributed by atoms with Crippen LogP contribution in [0.25, 0.3) is 15.7 Å². The molecule has 6 aromatic carbocycles. The zero-order chi connectivity index (χ0) is 34.3. The van der Waals surface area contributed by atoms with E-state index >= 15 is 0 Å². The first-order chi connectivity index (χ1) is 22.8. The van der Waals surface area contributed by atoms with Crippen molar-refractivity contribution < 1.29 is 27.9 Å². The van der Waals surface area contributed by atoms with Crippen LogP contribution in [-0.2, 0) is 20.9 Å². The summed E-state index contributed by atoms with van der Waals surface area (Å²) < 4.78 is 32.1. The lowest BCUT2D eigenvalue weighted by atomic mass is 9.70. The predicted molar refractivity (Wildman–Crippen MR) is 183 cm³/mol. The fourth-order valence-electron chi connectivity index (χ4n) is 6.16. The number of phenolic OH excluding ortho intramolecular Hbond substituents is 2. The van der Waals surface area contributed by atoms with Crippen molar-refractivity contribution in [3.63, 3.8) is 0 Å². The molecule has 0 aliphatic rings. The maximum absolute atomic E-state index is 13.3. The number of fused-ring (bicyclic) bond motifs is 1. The van der Waals surface area contributed by atoms with Gasteiger partial charge in [0.1, 0.15) is 22.1 Å². The topological polar surface area (TPSA) is 135 Å². The number of nitrogens with zero attached hydrogens (tertiary/aromatic N) is 2. The number of rotatable bonds is 8. The van der Waals surface area contributed by atoms with Gasteiger partial charge >= 0.3 is 15.8 Å². The second-order valence-electron chi connectivity index (χ2n) is 12.3. The van der Waals surface area contributed by atoms with Crippen LogP contribution in [0, 0.1) is 5.39 Å². The van der Waals surface area contributed by atoms with E-state index in [-0.39, 0.29) is 38.6 Å². The Morgan fingerprint density at radius 3 is 1.58 bits per heavy atom. The Hall–Kier alpha value is -5.85. The Labute approximate surface area is 278 Å². The zero-order valence-corrected chi connectivity index (χ0v) is 27.3. The number of aromatic hydroxyl groups is 2. The summed E-state index contributed by atoms with van der Waals surface area (Å²) in [6.45, 7) is 6.27. The fraction of sp³-hybridized carbons (Fsp3) is 0.128. The fourth-order valence-corrected chi connectivity index (χ4v) is 7.31. The lowest BCUT2D eigenvalue weighted by molar-refractivity contribution is -0.264. The molecule has 48 heavy (non-hydrogen) atoms. The van der Waals surface area contributed by atoms with E-state index in [1.54, 1.807) is 36.4 Å². The van der Waals surface area contributed by atoms with Gasteiger partial charge in [-0.3, -0.25) is 0 Å². The van der Waals surface area contributed by atoms with Crippen LogP contribution in [0.3, 0.4) is 0 Å². The van der Waals surface area contributed by atoms with Crippen LogP contribution in [0.2, 0.25) is 0 Å². The highest BCUT2D eigenvalue weighted by Crippen LogP contribution is 2.42. The largest absolute Gasteiger partial charge is 0.867 e. The first-order valence-corrected chi connectivity index (χ1v) is 16.6. The summed E-state index contributed by atoms with van der Waals surface area (Å²) in [6, 6.07) is 36.3. The average molecular weight is 657 g/mol. The average Bonchev–Trinajstić information content (AvgIpc) is 3.08. The molecular weight excluding hydrogens is 625 g/mol. The smallest absolute Gasteiger partial charge is 0.378 e. The van der Waals surface area contributed by atoms with Gasteiger partial charge in [-0.1, -0.05) is 86.6 Å². The molecule has 0 aliphatic carbocycles. The van der Waals surface area contributed by atoms with Gasteiger partial charge in [0.25, 0.3) is 0 Å². The molecule has 2 N–H and O–H groups in total. The van der Waals surface area contributed by atoms with Gasteiger partial charge in [-0.2, -0.15) is 8.42 Å². The van der Waals surface area contributed by atoms with Gasteiger partial charge < -0.3 is 19.5 Å². The molecule has 0 aromatic heterocycles. The van der Waals surface area contributed by atoms with Crippen LogP contribution in [0.5, 0.6) is 23.0 Å². The summed E-state index contributed by atoms with van der Waals surface area (Å²) in [4.78, 5) is 2.80. The van der Waals surface area contributed by atoms with Gasteiger partial charge in [0.2, 0.25) is 5.39 Å². The van der Waals surface area contributed by atoms with Crippen molar-refractivity contribution in [2.75, 3.05) is 0 Å². The molecule has 0 aliphatic heterocycles. The highest BCUT2D eigenvalue weighted by Gasteiger charge is 2.32. The van der Waals surface area contributed by atoms with Crippen molar-refractivity contribution in [1.29, 1.82) is 5.39 Å². The summed E-state index contributed by atoms with van der Waals surface area (Å²) in [5.74, 6) is -0.113. The summed E-state index contributed by atoms with van der Waals surface area (Å²) >= 11 is 0. The molecule has 0 spiro atoms. The highest BCUT2D eigenvalue weighted by atomic mass is 32.2. The first kappa shape index (κ1) is 32.1. The number of phenols is 2. The molecule has 0 heterocycles. The minimum atomic E-state index is -4.31. The molecule has 0 saturated heterocycles. The standard InChI is InChI=1S/C39H32N2O6S/c1-38(2,25-7-9-27(10-8-25)39(3,28-11-17-30(42)18-12-28)29-13-19-31(43)20-14-29)26-15-21-32(22-16-26)47-48(45,46)36-6-4-5-34-33(36)23-24-35(41-40)37(34)44/h4-24H,1-3H3,(H2-,42,43,44). The van der Waals surface area contributed by atoms with Crippen LogP contribution in [0.4, 0.5) is 5.69 Å². The second kappa shape index (κ2) is 12.1. The first-order valence-electron chi connectivity index (χ1n) is 15.2. The lowest BCUT2D eigenvalue weighted by Crippen LogP contribution is -2.26. The second-order valence-corrected chi connectivity index (χ2v) is 13.9. The van der Waals surface area contributed by atoms with Crippen molar-refractivity contribution in [3.8, 4) is 23.0 Å². The van der Waals surface area contributed by atoms with E-state index in [1.807, 2.05) is 36.4 Å². The molecule has 0 unspecified atom stereocenters. The molecular formula is C39H32N2O6S. The molecule has 0 atom stereocenters. The molecule has 9 heteroatoms. The minimum Gasteiger partial charge on any atom is -0.867 e. The van der Waals surface area contributed by atoms with E-state index in [0.717, 1.165) is 27.8 Å². The van der Waals surface area contributed by atoms with E-state index in [0.29, 0.717) is 0 Å². The quantitative estimate of drug-likeness (QED) is 0.0957. The Morgan fingerprint density at radius 1 is 0.625 bits per heavy atom. The summed E-state index contributed by atoms with van der Waals surface area (Å²) in [5.41, 5.74) is 3.72. The number of diazo groups is 1. The Morgan fingerprint density at radius 2 is 1.08 bits per heavy atom. The van der Waals surface area contributed by atoms with Gasteiger partial charge in [0, 0.05) is 22.3 Å². The van der Waals surface area contributed by atoms with Crippen LogP contribution in [0.15, 0.2) is 132 Å². The van der Waals surface area contributed by atoms with Crippen molar-refractivity contribution in [3.05, 3.63) is 160 Å². The lowest BCUT2D eigenvalue weighted by Gasteiger charge is -2.33. The van der Waals surface area contributed by atoms with E-state index in [1.165, 1.54) is 30.3 Å². The van der Waals surface area contributed by atoms with E-state index in [4.69, 9.17) is 9.58 Å². The van der Waals surface area contributed by atoms with Gasteiger partial charge in [-0.15, -0.1) is 0 Å². The summed E-state index contributed by atoms with van der Waals surface area (Å²) in [6.07, 6.45) is 0. The Bertz CT molecular complexity index is 2230. The minimum absolute atomic E-state index is 0.101. The van der Waals surface area contributed by atoms with Crippen LogP contribution < -0.4 is 9.29 Å². The molecule has 6 rings (SSSR count). The van der Waals surface area contributed by atoms with Crippen LogP contribution >= 0.6 is 0 Å². The summed E-state index contributed by atoms with van der Waals surface area (Å²) in [5, 5.41) is 41.8. The van der Waals surface area contributed by atoms with Crippen molar-refractivity contribution in [2.45, 2.75) is 36.5 Å². The van der Waals surface area contributed by atoms with Gasteiger partial charge in [0.05, 0.1) is 0 Å². The molecule has 0 amide bonds. The normalized spacial score (nSPS) is 12.0. The molecule has 0 fully saturated rings. The Balaban J connectivity index is 1.28.